The van der Waals surface area contributed by atoms with Crippen LogP contribution in [-0.2, 0) is 16.0 Å². The molecule has 2 aliphatic rings. The highest BCUT2D eigenvalue weighted by Gasteiger charge is 2.40. The van der Waals surface area contributed by atoms with E-state index in [0.717, 1.165) is 36.5 Å². The number of aromatic hydroxyl groups is 1. The van der Waals surface area contributed by atoms with Gasteiger partial charge in [0.15, 0.2) is 11.5 Å². The molecule has 0 amide bonds. The lowest BCUT2D eigenvalue weighted by Gasteiger charge is -2.29. The van der Waals surface area contributed by atoms with Gasteiger partial charge in [-0.15, -0.1) is 0 Å². The minimum absolute atomic E-state index is 0.0125. The average molecular weight is 538 g/mol. The summed E-state index contributed by atoms with van der Waals surface area (Å²) in [4.78, 5) is 39.0. The van der Waals surface area contributed by atoms with Crippen LogP contribution in [0.15, 0.2) is 47.4 Å². The molecule has 0 spiro atoms. The molecule has 1 fully saturated rings. The number of phenolic OH excluding ortho intramolecular Hbond substituents is 1. The summed E-state index contributed by atoms with van der Waals surface area (Å²) in [5, 5.41) is 26.2. The largest absolute Gasteiger partial charge is 0.504 e. The number of ether oxygens (including phenoxy) is 2. The number of benzene rings is 1. The van der Waals surface area contributed by atoms with Gasteiger partial charge in [0.05, 0.1) is 13.7 Å². The minimum atomic E-state index is -1.26. The fourth-order valence-corrected chi connectivity index (χ4v) is 5.17. The van der Waals surface area contributed by atoms with Crippen LogP contribution in [0.4, 0.5) is 0 Å². The molecule has 0 aliphatic carbocycles. The van der Waals surface area contributed by atoms with Crippen molar-refractivity contribution >= 4 is 17.6 Å². The SMILES string of the molecule is COc1cc2c(c(O)c1C)OC[C@H]1CN(CCc3c(C)nc4ccccn4c3=O)C[C@@H]21.O=C(O)/C=C/C(=O)O. The average Bonchev–Trinajstić information content (AvgIpc) is 3.33. The van der Waals surface area contributed by atoms with Gasteiger partial charge in [-0.2, -0.15) is 0 Å². The first-order valence-corrected chi connectivity index (χ1v) is 12.5. The third kappa shape index (κ3) is 5.88. The number of aromatic nitrogens is 2. The maximum absolute atomic E-state index is 13.0. The van der Waals surface area contributed by atoms with E-state index in [1.807, 2.05) is 38.1 Å². The number of aryl methyl sites for hydroxylation is 1. The molecule has 3 N–H and O–H groups in total. The first-order valence-electron chi connectivity index (χ1n) is 12.5. The smallest absolute Gasteiger partial charge is 0.328 e. The maximum Gasteiger partial charge on any atom is 0.328 e. The van der Waals surface area contributed by atoms with Crippen molar-refractivity contribution in [3.8, 4) is 17.2 Å². The van der Waals surface area contributed by atoms with Crippen molar-refractivity contribution < 1.29 is 34.4 Å². The second-order valence-corrected chi connectivity index (χ2v) is 9.58. The number of pyridine rings is 1. The van der Waals surface area contributed by atoms with Crippen LogP contribution < -0.4 is 15.0 Å². The molecule has 2 aromatic heterocycles. The number of phenols is 1. The second kappa shape index (κ2) is 11.6. The van der Waals surface area contributed by atoms with Crippen LogP contribution in [0.25, 0.3) is 5.65 Å². The summed E-state index contributed by atoms with van der Waals surface area (Å²) in [5.41, 5.74) is 3.98. The van der Waals surface area contributed by atoms with E-state index in [4.69, 9.17) is 19.7 Å². The first kappa shape index (κ1) is 27.6. The molecule has 0 saturated carbocycles. The van der Waals surface area contributed by atoms with Crippen LogP contribution in [0.3, 0.4) is 0 Å². The van der Waals surface area contributed by atoms with Crippen LogP contribution >= 0.6 is 0 Å². The molecule has 0 radical (unpaired) electrons. The van der Waals surface area contributed by atoms with E-state index < -0.39 is 11.9 Å². The molecule has 206 valence electrons. The lowest BCUT2D eigenvalue weighted by molar-refractivity contribution is -0.134. The number of carboxylic acids is 2. The van der Waals surface area contributed by atoms with Gasteiger partial charge in [0, 0.05) is 72.2 Å². The van der Waals surface area contributed by atoms with Crippen molar-refractivity contribution in [2.75, 3.05) is 33.4 Å². The standard InChI is InChI=1S/C24H27N3O4.C4H4O4/c1-14-20(30-3)10-18-19-12-26(11-16(19)13-31-23(18)22(14)28)9-7-17-15(2)25-21-6-4-5-8-27(21)24(17)29;5-3(6)1-2-4(7)8/h4-6,8,10,16,19,28H,7,9,11-13H2,1-3H3;1-2H,(H,5,6)(H,7,8)/b;2-1+/t16-,19-;/m1./s1. The van der Waals surface area contributed by atoms with Gasteiger partial charge >= 0.3 is 11.9 Å². The van der Waals surface area contributed by atoms with Gasteiger partial charge in [-0.3, -0.25) is 9.20 Å². The molecule has 1 saturated heterocycles. The zero-order chi connectivity index (χ0) is 28.3. The fraction of sp³-hybridized carbons (Fsp3) is 0.357. The number of carbonyl (C=O) groups is 2. The van der Waals surface area contributed by atoms with Gasteiger partial charge < -0.3 is 29.7 Å². The monoisotopic (exact) mass is 537 g/mol. The summed E-state index contributed by atoms with van der Waals surface area (Å²) in [6.07, 6.45) is 3.55. The summed E-state index contributed by atoms with van der Waals surface area (Å²) in [6.45, 7) is 6.90. The van der Waals surface area contributed by atoms with Crippen molar-refractivity contribution in [3.05, 3.63) is 75.4 Å². The molecular formula is C28H31N3O8. The number of likely N-dealkylation sites (tertiary alicyclic amines) is 1. The number of rotatable bonds is 6. The van der Waals surface area contributed by atoms with E-state index in [9.17, 15) is 19.5 Å². The van der Waals surface area contributed by atoms with E-state index in [1.54, 1.807) is 17.7 Å². The van der Waals surface area contributed by atoms with Gasteiger partial charge in [-0.25, -0.2) is 14.6 Å². The normalized spacial score (nSPS) is 18.1. The maximum atomic E-state index is 13.0. The summed E-state index contributed by atoms with van der Waals surface area (Å²) in [7, 11) is 1.62. The number of fused-ring (bicyclic) bond motifs is 4. The van der Waals surface area contributed by atoms with Crippen LogP contribution in [-0.4, -0.2) is 74.9 Å². The second-order valence-electron chi connectivity index (χ2n) is 9.58. The molecule has 0 bridgehead atoms. The van der Waals surface area contributed by atoms with Crippen LogP contribution in [0.2, 0.25) is 0 Å². The molecule has 2 atom stereocenters. The predicted octanol–water partition coefficient (Wildman–Crippen LogP) is 2.39. The van der Waals surface area contributed by atoms with Crippen molar-refractivity contribution in [1.82, 2.24) is 14.3 Å². The Labute approximate surface area is 224 Å². The number of carboxylic acid groups (broad SMARTS) is 2. The van der Waals surface area contributed by atoms with Gasteiger partial charge in [0.2, 0.25) is 0 Å². The summed E-state index contributed by atoms with van der Waals surface area (Å²) in [6, 6.07) is 7.60. The predicted molar refractivity (Wildman–Crippen MR) is 142 cm³/mol. The Morgan fingerprint density at radius 1 is 1.18 bits per heavy atom. The lowest BCUT2D eigenvalue weighted by atomic mass is 9.86. The highest BCUT2D eigenvalue weighted by molar-refractivity contribution is 5.89. The van der Waals surface area contributed by atoms with E-state index >= 15 is 0 Å². The summed E-state index contributed by atoms with van der Waals surface area (Å²) < 4.78 is 13.0. The van der Waals surface area contributed by atoms with Gasteiger partial charge in [0.1, 0.15) is 11.4 Å². The molecular weight excluding hydrogens is 506 g/mol. The lowest BCUT2D eigenvalue weighted by Crippen LogP contribution is -2.28. The van der Waals surface area contributed by atoms with Crippen LogP contribution in [0.5, 0.6) is 17.2 Å². The molecule has 39 heavy (non-hydrogen) atoms. The summed E-state index contributed by atoms with van der Waals surface area (Å²) in [5.74, 6) is -0.423. The molecule has 0 unspecified atom stereocenters. The minimum Gasteiger partial charge on any atom is -0.504 e. The Morgan fingerprint density at radius 3 is 2.56 bits per heavy atom. The molecule has 5 rings (SSSR count). The van der Waals surface area contributed by atoms with Gasteiger partial charge in [0.25, 0.3) is 5.56 Å². The van der Waals surface area contributed by atoms with E-state index in [1.165, 1.54) is 0 Å². The van der Waals surface area contributed by atoms with Crippen molar-refractivity contribution in [3.63, 3.8) is 0 Å². The van der Waals surface area contributed by atoms with Crippen molar-refractivity contribution in [2.45, 2.75) is 26.2 Å². The van der Waals surface area contributed by atoms with Crippen molar-refractivity contribution in [1.29, 1.82) is 0 Å². The van der Waals surface area contributed by atoms with Gasteiger partial charge in [-0.05, 0) is 38.5 Å². The quantitative estimate of drug-likeness (QED) is 0.400. The topological polar surface area (TPSA) is 151 Å². The molecule has 1 aromatic carbocycles. The Bertz CT molecular complexity index is 1480. The zero-order valence-corrected chi connectivity index (χ0v) is 22.0. The number of hydrogen-bond donors (Lipinski definition) is 3. The third-order valence-electron chi connectivity index (χ3n) is 7.15. The fourth-order valence-electron chi connectivity index (χ4n) is 5.17. The van der Waals surface area contributed by atoms with Crippen LogP contribution in [0, 0.1) is 19.8 Å². The molecule has 11 nitrogen and oxygen atoms in total. The zero-order valence-electron chi connectivity index (χ0n) is 22.0. The highest BCUT2D eigenvalue weighted by Crippen LogP contribution is 2.49. The first-order chi connectivity index (χ1) is 18.6. The number of hydrogen-bond acceptors (Lipinski definition) is 8. The van der Waals surface area contributed by atoms with E-state index in [-0.39, 0.29) is 17.2 Å². The number of nitrogens with zero attached hydrogens (tertiary/aromatic N) is 3. The molecule has 11 heteroatoms. The molecule has 4 heterocycles. The highest BCUT2D eigenvalue weighted by atomic mass is 16.5. The Morgan fingerprint density at radius 2 is 1.90 bits per heavy atom. The molecule has 2 aliphatic heterocycles. The Kier molecular flexibility index (Phi) is 8.20. The van der Waals surface area contributed by atoms with E-state index in [0.29, 0.717) is 53.8 Å². The number of methoxy groups -OCH3 is 1. The van der Waals surface area contributed by atoms with Gasteiger partial charge in [-0.1, -0.05) is 6.07 Å². The Balaban J connectivity index is 0.000000386. The molecule has 3 aromatic rings. The van der Waals surface area contributed by atoms with E-state index in [2.05, 4.69) is 9.88 Å². The third-order valence-corrected chi connectivity index (χ3v) is 7.15. The Hall–Kier alpha value is -4.38. The van der Waals surface area contributed by atoms with Crippen molar-refractivity contribution in [2.24, 2.45) is 5.92 Å². The number of aliphatic carboxylic acids is 2. The summed E-state index contributed by atoms with van der Waals surface area (Å²) >= 11 is 0. The van der Waals surface area contributed by atoms with Crippen LogP contribution in [0.1, 0.15) is 28.3 Å².